The van der Waals surface area contributed by atoms with Gasteiger partial charge in [-0.05, 0) is 36.2 Å². The number of rotatable bonds is 6. The van der Waals surface area contributed by atoms with Gasteiger partial charge < -0.3 is 4.57 Å². The van der Waals surface area contributed by atoms with Crippen LogP contribution in [-0.4, -0.2) is 25.0 Å². The first kappa shape index (κ1) is 18.9. The molecule has 0 fully saturated rings. The second-order valence-electron chi connectivity index (χ2n) is 6.67. The minimum Gasteiger partial charge on any atom is -0.344 e. The Hall–Kier alpha value is -2.86. The van der Waals surface area contributed by atoms with Crippen LogP contribution < -0.4 is 4.72 Å². The molecule has 140 valence electrons. The van der Waals surface area contributed by atoms with E-state index in [1.54, 1.807) is 12.1 Å². The largest absolute Gasteiger partial charge is 0.344 e. The number of aryl methyl sites for hydroxylation is 1. The zero-order valence-electron chi connectivity index (χ0n) is 15.6. The fraction of sp³-hybridized carbons (Fsp3) is 0.190. The van der Waals surface area contributed by atoms with Crippen molar-refractivity contribution in [2.24, 2.45) is 7.05 Å². The standard InChI is InChI=1S/C21H22N2O3S/c1-15-13-19(14-16-9-11-18(12-10-16)22-27(3,25)26)23(2)20(15)21(24)17-7-5-4-6-8-17/h4-13,22H,14H2,1-3H3. The highest BCUT2D eigenvalue weighted by Crippen LogP contribution is 2.21. The molecule has 0 bridgehead atoms. The van der Waals surface area contributed by atoms with Crippen molar-refractivity contribution >= 4 is 21.5 Å². The van der Waals surface area contributed by atoms with Crippen LogP contribution in [0.2, 0.25) is 0 Å². The molecule has 6 heteroatoms. The van der Waals surface area contributed by atoms with Gasteiger partial charge in [-0.3, -0.25) is 9.52 Å². The summed E-state index contributed by atoms with van der Waals surface area (Å²) in [6.07, 6.45) is 1.78. The number of ketones is 1. The molecule has 0 radical (unpaired) electrons. The first-order valence-corrected chi connectivity index (χ1v) is 10.5. The van der Waals surface area contributed by atoms with Gasteiger partial charge in [0.1, 0.15) is 0 Å². The summed E-state index contributed by atoms with van der Waals surface area (Å²) in [5, 5.41) is 0. The van der Waals surface area contributed by atoms with Crippen molar-refractivity contribution in [1.82, 2.24) is 4.57 Å². The normalized spacial score (nSPS) is 11.4. The number of nitrogens with zero attached hydrogens (tertiary/aromatic N) is 1. The van der Waals surface area contributed by atoms with Crippen LogP contribution in [0.5, 0.6) is 0 Å². The maximum atomic E-state index is 12.8. The van der Waals surface area contributed by atoms with Crippen LogP contribution in [0.4, 0.5) is 5.69 Å². The van der Waals surface area contributed by atoms with Gasteiger partial charge in [-0.2, -0.15) is 0 Å². The van der Waals surface area contributed by atoms with E-state index in [1.807, 2.05) is 67.1 Å². The molecule has 2 aromatic carbocycles. The predicted octanol–water partition coefficient (Wildman–Crippen LogP) is 3.53. The fourth-order valence-corrected chi connectivity index (χ4v) is 3.73. The average molecular weight is 382 g/mol. The Kier molecular flexibility index (Phi) is 5.19. The van der Waals surface area contributed by atoms with Gasteiger partial charge >= 0.3 is 0 Å². The SMILES string of the molecule is Cc1cc(Cc2ccc(NS(C)(=O)=O)cc2)n(C)c1C(=O)c1ccccc1. The van der Waals surface area contributed by atoms with E-state index in [4.69, 9.17) is 0 Å². The zero-order chi connectivity index (χ0) is 19.6. The van der Waals surface area contributed by atoms with E-state index in [0.717, 1.165) is 23.1 Å². The Morgan fingerprint density at radius 1 is 1.04 bits per heavy atom. The van der Waals surface area contributed by atoms with Gasteiger partial charge in [0.05, 0.1) is 11.9 Å². The number of nitrogens with one attached hydrogen (secondary N) is 1. The molecule has 27 heavy (non-hydrogen) atoms. The minimum atomic E-state index is -3.29. The summed E-state index contributed by atoms with van der Waals surface area (Å²) in [7, 11) is -1.38. The molecule has 0 amide bonds. The van der Waals surface area contributed by atoms with Crippen LogP contribution in [0.1, 0.15) is 32.9 Å². The molecular weight excluding hydrogens is 360 g/mol. The third kappa shape index (κ3) is 4.46. The molecule has 0 saturated carbocycles. The Balaban J connectivity index is 1.84. The van der Waals surface area contributed by atoms with Crippen molar-refractivity contribution in [2.75, 3.05) is 11.0 Å². The number of benzene rings is 2. The number of hydrogen-bond acceptors (Lipinski definition) is 3. The van der Waals surface area contributed by atoms with Gasteiger partial charge in [-0.15, -0.1) is 0 Å². The molecule has 0 aliphatic heterocycles. The second-order valence-corrected chi connectivity index (χ2v) is 8.42. The number of hydrogen-bond donors (Lipinski definition) is 1. The molecule has 5 nitrogen and oxygen atoms in total. The molecule has 0 aliphatic carbocycles. The molecular formula is C21H22N2O3S. The quantitative estimate of drug-likeness (QED) is 0.663. The summed E-state index contributed by atoms with van der Waals surface area (Å²) in [5.74, 6) is 0.00884. The Labute approximate surface area is 159 Å². The van der Waals surface area contributed by atoms with Gasteiger partial charge in [-0.25, -0.2) is 8.42 Å². The van der Waals surface area contributed by atoms with E-state index < -0.39 is 10.0 Å². The summed E-state index contributed by atoms with van der Waals surface area (Å²) >= 11 is 0. The zero-order valence-corrected chi connectivity index (χ0v) is 16.4. The van der Waals surface area contributed by atoms with Gasteiger partial charge in [0, 0.05) is 30.4 Å². The van der Waals surface area contributed by atoms with Crippen molar-refractivity contribution in [3.63, 3.8) is 0 Å². The number of sulfonamides is 1. The Bertz CT molecular complexity index is 1070. The number of carbonyl (C=O) groups is 1. The molecule has 3 rings (SSSR count). The van der Waals surface area contributed by atoms with Gasteiger partial charge in [0.2, 0.25) is 15.8 Å². The summed E-state index contributed by atoms with van der Waals surface area (Å²) in [6.45, 7) is 1.94. The summed E-state index contributed by atoms with van der Waals surface area (Å²) in [4.78, 5) is 12.8. The third-order valence-corrected chi connectivity index (χ3v) is 5.02. The molecule has 1 aromatic heterocycles. The van der Waals surface area contributed by atoms with E-state index in [-0.39, 0.29) is 5.78 Å². The maximum Gasteiger partial charge on any atom is 0.229 e. The number of aromatic nitrogens is 1. The van der Waals surface area contributed by atoms with Crippen molar-refractivity contribution in [1.29, 1.82) is 0 Å². The molecule has 3 aromatic rings. The lowest BCUT2D eigenvalue weighted by Crippen LogP contribution is -2.11. The van der Waals surface area contributed by atoms with Crippen molar-refractivity contribution in [2.45, 2.75) is 13.3 Å². The summed E-state index contributed by atoms with van der Waals surface area (Å²) in [5.41, 5.74) is 4.89. The van der Waals surface area contributed by atoms with Crippen molar-refractivity contribution in [3.05, 3.63) is 88.7 Å². The molecule has 0 spiro atoms. The summed E-state index contributed by atoms with van der Waals surface area (Å²) < 4.78 is 27.0. The van der Waals surface area contributed by atoms with Gasteiger partial charge in [-0.1, -0.05) is 42.5 Å². The first-order valence-electron chi connectivity index (χ1n) is 8.56. The lowest BCUT2D eigenvalue weighted by molar-refractivity contribution is 0.103. The van der Waals surface area contributed by atoms with Crippen molar-refractivity contribution in [3.8, 4) is 0 Å². The minimum absolute atomic E-state index is 0.00884. The lowest BCUT2D eigenvalue weighted by Gasteiger charge is -2.09. The van der Waals surface area contributed by atoms with Crippen LogP contribution in [0.15, 0.2) is 60.7 Å². The number of carbonyl (C=O) groups excluding carboxylic acids is 1. The third-order valence-electron chi connectivity index (χ3n) is 4.42. The molecule has 1 heterocycles. The number of anilines is 1. The Morgan fingerprint density at radius 3 is 2.26 bits per heavy atom. The first-order chi connectivity index (χ1) is 12.7. The van der Waals surface area contributed by atoms with E-state index in [2.05, 4.69) is 4.72 Å². The van der Waals surface area contributed by atoms with Crippen LogP contribution >= 0.6 is 0 Å². The second kappa shape index (κ2) is 7.40. The summed E-state index contributed by atoms with van der Waals surface area (Å²) in [6, 6.07) is 18.5. The highest BCUT2D eigenvalue weighted by molar-refractivity contribution is 7.92. The average Bonchev–Trinajstić information content (AvgIpc) is 2.89. The lowest BCUT2D eigenvalue weighted by atomic mass is 10.1. The fourth-order valence-electron chi connectivity index (χ4n) is 3.16. The van der Waals surface area contributed by atoms with Gasteiger partial charge in [0.25, 0.3) is 0 Å². The van der Waals surface area contributed by atoms with Crippen LogP contribution in [0.25, 0.3) is 0 Å². The highest BCUT2D eigenvalue weighted by Gasteiger charge is 2.18. The van der Waals surface area contributed by atoms with Crippen LogP contribution in [0.3, 0.4) is 0 Å². The molecule has 0 unspecified atom stereocenters. The molecule has 1 N–H and O–H groups in total. The van der Waals surface area contributed by atoms with E-state index in [0.29, 0.717) is 23.4 Å². The van der Waals surface area contributed by atoms with E-state index in [1.165, 1.54) is 0 Å². The smallest absolute Gasteiger partial charge is 0.229 e. The van der Waals surface area contributed by atoms with E-state index in [9.17, 15) is 13.2 Å². The molecule has 0 saturated heterocycles. The van der Waals surface area contributed by atoms with E-state index >= 15 is 0 Å². The highest BCUT2D eigenvalue weighted by atomic mass is 32.2. The Morgan fingerprint density at radius 2 is 1.67 bits per heavy atom. The predicted molar refractivity (Wildman–Crippen MR) is 108 cm³/mol. The monoisotopic (exact) mass is 382 g/mol. The van der Waals surface area contributed by atoms with Gasteiger partial charge in [0.15, 0.2) is 0 Å². The molecule has 0 atom stereocenters. The van der Waals surface area contributed by atoms with Crippen molar-refractivity contribution < 1.29 is 13.2 Å². The van der Waals surface area contributed by atoms with Crippen LogP contribution in [-0.2, 0) is 23.5 Å². The molecule has 0 aliphatic rings. The van der Waals surface area contributed by atoms with Crippen LogP contribution in [0, 0.1) is 6.92 Å². The topological polar surface area (TPSA) is 68.2 Å². The maximum absolute atomic E-state index is 12.8.